The number of hydrogen-bond donors (Lipinski definition) is 2. The molecule has 2 aromatic heterocycles. The van der Waals surface area contributed by atoms with Gasteiger partial charge in [0.2, 0.25) is 0 Å². The predicted octanol–water partition coefficient (Wildman–Crippen LogP) is 3.10. The largest absolute Gasteiger partial charge is 0.472 e. The van der Waals surface area contributed by atoms with Crippen molar-refractivity contribution in [1.82, 2.24) is 15.2 Å². The number of piperidine rings is 1. The summed E-state index contributed by atoms with van der Waals surface area (Å²) in [6.07, 6.45) is 4.47. The number of furan rings is 1. The third-order valence-corrected chi connectivity index (χ3v) is 5.01. The minimum atomic E-state index is -0.0560. The number of H-pyrrole nitrogens is 1. The number of nitrogens with one attached hydrogen (secondary N) is 2. The summed E-state index contributed by atoms with van der Waals surface area (Å²) in [4.78, 5) is 30.2. The van der Waals surface area contributed by atoms with E-state index < -0.39 is 0 Å². The van der Waals surface area contributed by atoms with E-state index in [-0.39, 0.29) is 17.9 Å². The molecule has 3 aromatic rings. The topological polar surface area (TPSA) is 78.3 Å². The van der Waals surface area contributed by atoms with Crippen molar-refractivity contribution < 1.29 is 14.0 Å². The average Bonchev–Trinajstić information content (AvgIpc) is 3.28. The number of aromatic nitrogens is 1. The van der Waals surface area contributed by atoms with Gasteiger partial charge >= 0.3 is 0 Å². The van der Waals surface area contributed by atoms with E-state index in [2.05, 4.69) is 10.3 Å². The first-order valence-corrected chi connectivity index (χ1v) is 8.83. The molecule has 4 rings (SSSR count). The Morgan fingerprint density at radius 3 is 2.69 bits per heavy atom. The lowest BCUT2D eigenvalue weighted by Gasteiger charge is -2.32. The number of rotatable bonds is 3. The Hall–Kier alpha value is -3.02. The van der Waals surface area contributed by atoms with Crippen LogP contribution in [0.15, 0.2) is 47.3 Å². The lowest BCUT2D eigenvalue weighted by atomic mass is 10.0. The number of carbonyl (C=O) groups excluding carboxylic acids is 2. The molecule has 0 saturated carbocycles. The third kappa shape index (κ3) is 2.98. The van der Waals surface area contributed by atoms with E-state index in [1.807, 2.05) is 36.1 Å². The van der Waals surface area contributed by atoms with Gasteiger partial charge in [-0.3, -0.25) is 9.59 Å². The van der Waals surface area contributed by atoms with Gasteiger partial charge < -0.3 is 19.6 Å². The Morgan fingerprint density at radius 2 is 1.96 bits per heavy atom. The van der Waals surface area contributed by atoms with E-state index in [0.29, 0.717) is 24.2 Å². The molecule has 2 amide bonds. The quantitative estimate of drug-likeness (QED) is 0.761. The molecule has 6 nitrogen and oxygen atoms in total. The van der Waals surface area contributed by atoms with Gasteiger partial charge in [-0.1, -0.05) is 18.2 Å². The molecule has 0 radical (unpaired) electrons. The van der Waals surface area contributed by atoms with Crippen molar-refractivity contribution in [3.63, 3.8) is 0 Å². The van der Waals surface area contributed by atoms with Gasteiger partial charge in [0.05, 0.1) is 17.4 Å². The van der Waals surface area contributed by atoms with Crippen molar-refractivity contribution >= 4 is 22.7 Å². The zero-order valence-corrected chi connectivity index (χ0v) is 14.6. The van der Waals surface area contributed by atoms with Crippen molar-refractivity contribution in [2.75, 3.05) is 13.1 Å². The van der Waals surface area contributed by atoms with Crippen LogP contribution in [0.1, 0.15) is 39.3 Å². The molecule has 0 spiro atoms. The molecule has 0 unspecified atom stereocenters. The van der Waals surface area contributed by atoms with E-state index in [0.717, 1.165) is 29.4 Å². The van der Waals surface area contributed by atoms with Crippen molar-refractivity contribution in [2.24, 2.45) is 0 Å². The molecule has 1 fully saturated rings. The maximum absolute atomic E-state index is 12.8. The smallest absolute Gasteiger partial charge is 0.257 e. The van der Waals surface area contributed by atoms with E-state index in [9.17, 15) is 9.59 Å². The van der Waals surface area contributed by atoms with Crippen molar-refractivity contribution in [3.05, 3.63) is 59.7 Å². The molecular formula is C20H21N3O3. The zero-order valence-electron chi connectivity index (χ0n) is 14.6. The summed E-state index contributed by atoms with van der Waals surface area (Å²) in [5, 5.41) is 4.07. The highest BCUT2D eigenvalue weighted by molar-refractivity contribution is 6.08. The molecule has 3 heterocycles. The number of hydrogen-bond acceptors (Lipinski definition) is 3. The monoisotopic (exact) mass is 351 g/mol. The summed E-state index contributed by atoms with van der Waals surface area (Å²) >= 11 is 0. The summed E-state index contributed by atoms with van der Waals surface area (Å²) in [6, 6.07) is 9.57. The van der Waals surface area contributed by atoms with E-state index >= 15 is 0 Å². The Morgan fingerprint density at radius 1 is 1.19 bits per heavy atom. The van der Waals surface area contributed by atoms with Crippen LogP contribution in [0.4, 0.5) is 0 Å². The molecule has 0 atom stereocenters. The minimum absolute atomic E-state index is 0.0176. The van der Waals surface area contributed by atoms with Crippen LogP contribution in [-0.2, 0) is 0 Å². The number of aryl methyl sites for hydroxylation is 1. The van der Waals surface area contributed by atoms with Gasteiger partial charge in [-0.2, -0.15) is 0 Å². The number of nitrogens with zero attached hydrogens (tertiary/aromatic N) is 1. The first-order chi connectivity index (χ1) is 12.6. The number of likely N-dealkylation sites (tertiary alicyclic amines) is 1. The van der Waals surface area contributed by atoms with Crippen LogP contribution in [0.25, 0.3) is 10.9 Å². The first-order valence-electron chi connectivity index (χ1n) is 8.83. The number of carbonyl (C=O) groups is 2. The van der Waals surface area contributed by atoms with Crippen LogP contribution in [0, 0.1) is 6.92 Å². The Kier molecular flexibility index (Phi) is 4.24. The fourth-order valence-corrected chi connectivity index (χ4v) is 3.62. The number of benzene rings is 1. The van der Waals surface area contributed by atoms with Crippen LogP contribution in [0.2, 0.25) is 0 Å². The highest BCUT2D eigenvalue weighted by Crippen LogP contribution is 2.22. The van der Waals surface area contributed by atoms with Crippen LogP contribution in [0.3, 0.4) is 0 Å². The molecule has 0 bridgehead atoms. The summed E-state index contributed by atoms with van der Waals surface area (Å²) < 4.78 is 4.98. The summed E-state index contributed by atoms with van der Waals surface area (Å²) in [6.45, 7) is 3.17. The Bertz CT molecular complexity index is 935. The van der Waals surface area contributed by atoms with Crippen molar-refractivity contribution in [3.8, 4) is 0 Å². The van der Waals surface area contributed by atoms with Gasteiger partial charge in [-0.05, 0) is 31.9 Å². The number of para-hydroxylation sites is 1. The summed E-state index contributed by atoms with van der Waals surface area (Å²) in [5.41, 5.74) is 3.12. The molecule has 0 aliphatic carbocycles. The lowest BCUT2D eigenvalue weighted by Crippen LogP contribution is -2.46. The maximum Gasteiger partial charge on any atom is 0.257 e. The molecule has 1 saturated heterocycles. The molecular weight excluding hydrogens is 330 g/mol. The number of aromatic amines is 1. The summed E-state index contributed by atoms with van der Waals surface area (Å²) in [7, 11) is 0. The van der Waals surface area contributed by atoms with Gasteiger partial charge in [0.1, 0.15) is 6.26 Å². The molecule has 1 aromatic carbocycles. The van der Waals surface area contributed by atoms with Crippen LogP contribution < -0.4 is 5.32 Å². The standard InChI is InChI=1S/C20H21N3O3/c1-13-18(16-4-2-3-5-17(16)21-13)19(24)22-15-6-9-23(10-7-15)20(25)14-8-11-26-12-14/h2-5,8,11-12,15,21H,6-7,9-10H2,1H3,(H,22,24). The van der Waals surface area contributed by atoms with Gasteiger partial charge in [-0.15, -0.1) is 0 Å². The van der Waals surface area contributed by atoms with E-state index in [4.69, 9.17) is 4.42 Å². The molecule has 1 aliphatic rings. The van der Waals surface area contributed by atoms with Crippen LogP contribution >= 0.6 is 0 Å². The van der Waals surface area contributed by atoms with Gasteiger partial charge in [0.15, 0.2) is 0 Å². The fourth-order valence-electron chi connectivity index (χ4n) is 3.62. The van der Waals surface area contributed by atoms with Crippen molar-refractivity contribution in [2.45, 2.75) is 25.8 Å². The molecule has 134 valence electrons. The molecule has 2 N–H and O–H groups in total. The van der Waals surface area contributed by atoms with Gasteiger partial charge in [0.25, 0.3) is 11.8 Å². The van der Waals surface area contributed by atoms with Crippen molar-refractivity contribution in [1.29, 1.82) is 0 Å². The normalized spacial score (nSPS) is 15.3. The maximum atomic E-state index is 12.8. The third-order valence-electron chi connectivity index (χ3n) is 5.01. The zero-order chi connectivity index (χ0) is 18.1. The second kappa shape index (κ2) is 6.71. The highest BCUT2D eigenvalue weighted by Gasteiger charge is 2.26. The molecule has 26 heavy (non-hydrogen) atoms. The van der Waals surface area contributed by atoms with Crippen LogP contribution in [0.5, 0.6) is 0 Å². The van der Waals surface area contributed by atoms with Gasteiger partial charge in [0, 0.05) is 35.7 Å². The second-order valence-corrected chi connectivity index (χ2v) is 6.72. The van der Waals surface area contributed by atoms with Crippen LogP contribution in [-0.4, -0.2) is 40.8 Å². The van der Waals surface area contributed by atoms with E-state index in [1.165, 1.54) is 12.5 Å². The van der Waals surface area contributed by atoms with Gasteiger partial charge in [-0.25, -0.2) is 0 Å². The Balaban J connectivity index is 1.40. The SMILES string of the molecule is Cc1[nH]c2ccccc2c1C(=O)NC1CCN(C(=O)c2ccoc2)CC1. The second-order valence-electron chi connectivity index (χ2n) is 6.72. The molecule has 6 heteroatoms. The first kappa shape index (κ1) is 16.4. The highest BCUT2D eigenvalue weighted by atomic mass is 16.3. The lowest BCUT2D eigenvalue weighted by molar-refractivity contribution is 0.0697. The fraction of sp³-hybridized carbons (Fsp3) is 0.300. The summed E-state index contributed by atoms with van der Waals surface area (Å²) in [5.74, 6) is -0.0736. The molecule has 1 aliphatic heterocycles. The van der Waals surface area contributed by atoms with E-state index in [1.54, 1.807) is 6.07 Å². The number of amides is 2. The predicted molar refractivity (Wildman–Crippen MR) is 98.1 cm³/mol. The minimum Gasteiger partial charge on any atom is -0.472 e. The average molecular weight is 351 g/mol. The Labute approximate surface area is 151 Å². The number of fused-ring (bicyclic) bond motifs is 1.